The molecule has 0 bridgehead atoms. The molecule has 82 valence electrons. The average molecular weight is 273 g/mol. The number of alkyl halides is 1. The third-order valence-corrected chi connectivity index (χ3v) is 1.93. The van der Waals surface area contributed by atoms with Crippen LogP contribution < -0.4 is 0 Å². The molecule has 5 heteroatoms. The van der Waals surface area contributed by atoms with Crippen LogP contribution in [0.5, 0.6) is 0 Å². The first-order valence-electron chi connectivity index (χ1n) is 4.53. The smallest absolute Gasteiger partial charge is 0.357 e. The van der Waals surface area contributed by atoms with E-state index in [0.29, 0.717) is 11.2 Å². The summed E-state index contributed by atoms with van der Waals surface area (Å²) in [5.41, 5.74) is -0.217. The van der Waals surface area contributed by atoms with Crippen molar-refractivity contribution in [3.05, 3.63) is 23.8 Å². The highest BCUT2D eigenvalue weighted by molar-refractivity contribution is 9.08. The Morgan fingerprint density at radius 1 is 1.53 bits per heavy atom. The maximum absolute atomic E-state index is 11.6. The first-order chi connectivity index (χ1) is 6.92. The SMILES string of the molecule is CC(C)(C)OC(=O)c1ccnc(CBr)n1. The zero-order valence-corrected chi connectivity index (χ0v) is 10.5. The number of ether oxygens (including phenoxy) is 1. The summed E-state index contributed by atoms with van der Waals surface area (Å²) in [4.78, 5) is 19.6. The summed E-state index contributed by atoms with van der Waals surface area (Å²) in [7, 11) is 0. The molecule has 0 aromatic carbocycles. The highest BCUT2D eigenvalue weighted by Crippen LogP contribution is 2.10. The van der Waals surface area contributed by atoms with E-state index in [4.69, 9.17) is 4.74 Å². The first kappa shape index (κ1) is 12.1. The van der Waals surface area contributed by atoms with Gasteiger partial charge in [0.2, 0.25) is 0 Å². The van der Waals surface area contributed by atoms with E-state index in [1.165, 1.54) is 0 Å². The fraction of sp³-hybridized carbons (Fsp3) is 0.500. The van der Waals surface area contributed by atoms with Gasteiger partial charge in [-0.25, -0.2) is 14.8 Å². The zero-order chi connectivity index (χ0) is 11.5. The molecule has 0 amide bonds. The van der Waals surface area contributed by atoms with Crippen molar-refractivity contribution in [1.29, 1.82) is 0 Å². The van der Waals surface area contributed by atoms with E-state index in [1.807, 2.05) is 20.8 Å². The van der Waals surface area contributed by atoms with Crippen LogP contribution in [0.25, 0.3) is 0 Å². The van der Waals surface area contributed by atoms with E-state index in [9.17, 15) is 4.79 Å². The summed E-state index contributed by atoms with van der Waals surface area (Å²) in [6.45, 7) is 5.45. The molecule has 15 heavy (non-hydrogen) atoms. The largest absolute Gasteiger partial charge is 0.455 e. The molecule has 0 saturated heterocycles. The van der Waals surface area contributed by atoms with Crippen molar-refractivity contribution >= 4 is 21.9 Å². The Kier molecular flexibility index (Phi) is 3.79. The van der Waals surface area contributed by atoms with Crippen molar-refractivity contribution < 1.29 is 9.53 Å². The second kappa shape index (κ2) is 4.70. The molecule has 1 aromatic rings. The fourth-order valence-electron chi connectivity index (χ4n) is 0.908. The van der Waals surface area contributed by atoms with Crippen LogP contribution in [0.15, 0.2) is 12.3 Å². The predicted molar refractivity (Wildman–Crippen MR) is 59.8 cm³/mol. The molecule has 0 atom stereocenters. The lowest BCUT2D eigenvalue weighted by Crippen LogP contribution is -2.24. The zero-order valence-electron chi connectivity index (χ0n) is 8.95. The van der Waals surface area contributed by atoms with Gasteiger partial charge in [-0.15, -0.1) is 0 Å². The van der Waals surface area contributed by atoms with Crippen molar-refractivity contribution in [2.75, 3.05) is 0 Å². The van der Waals surface area contributed by atoms with Crippen LogP contribution >= 0.6 is 15.9 Å². The normalized spacial score (nSPS) is 11.2. The Hall–Kier alpha value is -0.970. The van der Waals surface area contributed by atoms with Gasteiger partial charge in [-0.3, -0.25) is 0 Å². The van der Waals surface area contributed by atoms with Gasteiger partial charge < -0.3 is 4.74 Å². The van der Waals surface area contributed by atoms with Gasteiger partial charge in [0.05, 0.1) is 5.33 Å². The van der Waals surface area contributed by atoms with Gasteiger partial charge >= 0.3 is 5.97 Å². The molecular formula is C10H13BrN2O2. The Bertz CT molecular complexity index is 361. The highest BCUT2D eigenvalue weighted by Gasteiger charge is 2.18. The van der Waals surface area contributed by atoms with Crippen molar-refractivity contribution in [2.45, 2.75) is 31.7 Å². The van der Waals surface area contributed by atoms with Gasteiger partial charge in [0, 0.05) is 6.20 Å². The summed E-state index contributed by atoms with van der Waals surface area (Å²) < 4.78 is 5.18. The molecule has 0 N–H and O–H groups in total. The van der Waals surface area contributed by atoms with Crippen LogP contribution in [0.3, 0.4) is 0 Å². The number of hydrogen-bond acceptors (Lipinski definition) is 4. The molecule has 0 spiro atoms. The molecule has 1 heterocycles. The quantitative estimate of drug-likeness (QED) is 0.613. The maximum atomic E-state index is 11.6. The van der Waals surface area contributed by atoms with Gasteiger partial charge in [0.15, 0.2) is 5.69 Å². The molecule has 1 rings (SSSR count). The van der Waals surface area contributed by atoms with Crippen molar-refractivity contribution in [3.8, 4) is 0 Å². The van der Waals surface area contributed by atoms with Crippen LogP contribution in [0.4, 0.5) is 0 Å². The van der Waals surface area contributed by atoms with Crippen molar-refractivity contribution in [2.24, 2.45) is 0 Å². The lowest BCUT2D eigenvalue weighted by molar-refractivity contribution is 0.00623. The average Bonchev–Trinajstić information content (AvgIpc) is 2.15. The second-order valence-electron chi connectivity index (χ2n) is 3.99. The molecule has 0 unspecified atom stereocenters. The summed E-state index contributed by atoms with van der Waals surface area (Å²) in [6.07, 6.45) is 1.54. The topological polar surface area (TPSA) is 52.1 Å². The summed E-state index contributed by atoms with van der Waals surface area (Å²) >= 11 is 3.23. The number of aromatic nitrogens is 2. The first-order valence-corrected chi connectivity index (χ1v) is 5.66. The summed E-state index contributed by atoms with van der Waals surface area (Å²) in [5.74, 6) is 0.144. The van der Waals surface area contributed by atoms with E-state index in [1.54, 1.807) is 12.3 Å². The molecule has 0 radical (unpaired) electrons. The van der Waals surface area contributed by atoms with Gasteiger partial charge in [0.25, 0.3) is 0 Å². The number of hydrogen-bond donors (Lipinski definition) is 0. The molecule has 4 nitrogen and oxygen atoms in total. The minimum atomic E-state index is -0.503. The molecule has 0 aliphatic heterocycles. The standard InChI is InChI=1S/C10H13BrN2O2/c1-10(2,3)15-9(14)7-4-5-12-8(6-11)13-7/h4-5H,6H2,1-3H3. The predicted octanol–water partition coefficient (Wildman–Crippen LogP) is 2.33. The number of halogens is 1. The molecular weight excluding hydrogens is 260 g/mol. The van der Waals surface area contributed by atoms with E-state index >= 15 is 0 Å². The number of nitrogens with zero attached hydrogens (tertiary/aromatic N) is 2. The Balaban J connectivity index is 2.82. The van der Waals surface area contributed by atoms with Crippen LogP contribution in [-0.4, -0.2) is 21.5 Å². The summed E-state index contributed by atoms with van der Waals surface area (Å²) in [5, 5.41) is 0.517. The molecule has 1 aromatic heterocycles. The molecule has 0 aliphatic rings. The van der Waals surface area contributed by atoms with E-state index < -0.39 is 11.6 Å². The number of esters is 1. The minimum Gasteiger partial charge on any atom is -0.455 e. The second-order valence-corrected chi connectivity index (χ2v) is 4.55. The van der Waals surface area contributed by atoms with E-state index in [-0.39, 0.29) is 5.69 Å². The van der Waals surface area contributed by atoms with Crippen LogP contribution in [-0.2, 0) is 10.1 Å². The van der Waals surface area contributed by atoms with Gasteiger partial charge in [-0.1, -0.05) is 15.9 Å². The van der Waals surface area contributed by atoms with E-state index in [0.717, 1.165) is 0 Å². The number of carbonyl (C=O) groups is 1. The van der Waals surface area contributed by atoms with Crippen LogP contribution in [0.1, 0.15) is 37.1 Å². The Morgan fingerprint density at radius 2 is 2.20 bits per heavy atom. The molecule has 0 saturated carbocycles. The third-order valence-electron chi connectivity index (χ3n) is 1.43. The van der Waals surface area contributed by atoms with Gasteiger partial charge in [-0.2, -0.15) is 0 Å². The lowest BCUT2D eigenvalue weighted by Gasteiger charge is -2.18. The van der Waals surface area contributed by atoms with Crippen LogP contribution in [0, 0.1) is 0 Å². The third kappa shape index (κ3) is 3.95. The summed E-state index contributed by atoms with van der Waals surface area (Å²) in [6, 6.07) is 1.54. The van der Waals surface area contributed by atoms with Gasteiger partial charge in [-0.05, 0) is 26.8 Å². The number of rotatable bonds is 2. The fourth-order valence-corrected chi connectivity index (χ4v) is 1.18. The highest BCUT2D eigenvalue weighted by atomic mass is 79.9. The maximum Gasteiger partial charge on any atom is 0.357 e. The van der Waals surface area contributed by atoms with Crippen LogP contribution in [0.2, 0.25) is 0 Å². The van der Waals surface area contributed by atoms with Crippen molar-refractivity contribution in [3.63, 3.8) is 0 Å². The number of carbonyl (C=O) groups excluding carboxylic acids is 1. The lowest BCUT2D eigenvalue weighted by atomic mass is 10.2. The van der Waals surface area contributed by atoms with Crippen molar-refractivity contribution in [1.82, 2.24) is 9.97 Å². The monoisotopic (exact) mass is 272 g/mol. The van der Waals surface area contributed by atoms with E-state index in [2.05, 4.69) is 25.9 Å². The Labute approximate surface area is 97.2 Å². The molecule has 0 aliphatic carbocycles. The molecule has 0 fully saturated rings. The Morgan fingerprint density at radius 3 is 2.73 bits per heavy atom. The van der Waals surface area contributed by atoms with Gasteiger partial charge in [0.1, 0.15) is 11.4 Å². The minimum absolute atomic E-state index is 0.286.